The Balaban J connectivity index is 3.56. The largest absolute Gasteiger partial charge is 0.423 e. The number of benzene rings is 1. The van der Waals surface area contributed by atoms with E-state index in [1.165, 1.54) is 13.8 Å². The summed E-state index contributed by atoms with van der Waals surface area (Å²) in [6.07, 6.45) is -5.48. The minimum absolute atomic E-state index is 0.157. The summed E-state index contributed by atoms with van der Waals surface area (Å²) < 4.78 is 66.1. The molecule has 0 aliphatic heterocycles. The summed E-state index contributed by atoms with van der Waals surface area (Å²) in [5.74, 6) is -3.16. The van der Waals surface area contributed by atoms with Crippen molar-refractivity contribution in [1.29, 1.82) is 0 Å². The second-order valence-electron chi connectivity index (χ2n) is 4.34. The number of aliphatic hydroxyl groups is 1. The summed E-state index contributed by atoms with van der Waals surface area (Å²) in [5.41, 5.74) is 0.289. The van der Waals surface area contributed by atoms with Gasteiger partial charge >= 0.3 is 6.18 Å². The van der Waals surface area contributed by atoms with E-state index >= 15 is 0 Å². The molecule has 0 saturated heterocycles. The molecule has 3 N–H and O–H groups in total. The Labute approximate surface area is 107 Å². The van der Waals surface area contributed by atoms with E-state index in [9.17, 15) is 27.1 Å². The smallest absolute Gasteiger partial charge is 0.375 e. The summed E-state index contributed by atoms with van der Waals surface area (Å²) in [4.78, 5) is 0. The van der Waals surface area contributed by atoms with Crippen molar-refractivity contribution in [2.45, 2.75) is 38.1 Å². The molecule has 0 spiro atoms. The topological polar surface area (TPSA) is 46.2 Å². The SMILES string of the molecule is CCC(N)C(O)(c1ccc(C)c(F)c1F)C(F)(F)F. The van der Waals surface area contributed by atoms with Crippen molar-refractivity contribution < 1.29 is 27.1 Å². The van der Waals surface area contributed by atoms with Crippen LogP contribution in [0.15, 0.2) is 12.1 Å². The van der Waals surface area contributed by atoms with E-state index in [0.717, 1.165) is 6.07 Å². The first-order chi connectivity index (χ1) is 8.57. The number of hydrogen-bond acceptors (Lipinski definition) is 2. The molecule has 0 aliphatic rings. The predicted molar refractivity (Wildman–Crippen MR) is 59.3 cm³/mol. The van der Waals surface area contributed by atoms with Gasteiger partial charge in [-0.2, -0.15) is 13.2 Å². The molecule has 1 aromatic rings. The highest BCUT2D eigenvalue weighted by Gasteiger charge is 2.59. The monoisotopic (exact) mass is 283 g/mol. The Kier molecular flexibility index (Phi) is 4.21. The molecule has 0 radical (unpaired) electrons. The first-order valence-electron chi connectivity index (χ1n) is 5.57. The van der Waals surface area contributed by atoms with Crippen molar-refractivity contribution in [2.24, 2.45) is 5.73 Å². The molecule has 19 heavy (non-hydrogen) atoms. The van der Waals surface area contributed by atoms with Gasteiger partial charge in [0.1, 0.15) is 0 Å². The Hall–Kier alpha value is -1.21. The maximum absolute atomic E-state index is 13.7. The van der Waals surface area contributed by atoms with Gasteiger partial charge in [0.15, 0.2) is 11.6 Å². The lowest BCUT2D eigenvalue weighted by atomic mass is 9.83. The van der Waals surface area contributed by atoms with Crippen molar-refractivity contribution in [3.8, 4) is 0 Å². The maximum Gasteiger partial charge on any atom is 0.423 e. The molecule has 0 bridgehead atoms. The van der Waals surface area contributed by atoms with Gasteiger partial charge in [-0.05, 0) is 18.9 Å². The second kappa shape index (κ2) is 5.05. The first kappa shape index (κ1) is 15.8. The van der Waals surface area contributed by atoms with Crippen LogP contribution in [0, 0.1) is 18.6 Å². The zero-order valence-electron chi connectivity index (χ0n) is 10.4. The fourth-order valence-electron chi connectivity index (χ4n) is 1.80. The molecule has 2 atom stereocenters. The van der Waals surface area contributed by atoms with Crippen LogP contribution in [0.4, 0.5) is 22.0 Å². The van der Waals surface area contributed by atoms with Crippen molar-refractivity contribution in [2.75, 3.05) is 0 Å². The molecule has 2 nitrogen and oxygen atoms in total. The third-order valence-electron chi connectivity index (χ3n) is 3.09. The van der Waals surface area contributed by atoms with Crippen molar-refractivity contribution in [1.82, 2.24) is 0 Å². The lowest BCUT2D eigenvalue weighted by Crippen LogP contribution is -2.55. The van der Waals surface area contributed by atoms with Gasteiger partial charge in [0, 0.05) is 11.6 Å². The molecular formula is C12H14F5NO. The first-order valence-corrected chi connectivity index (χ1v) is 5.57. The quantitative estimate of drug-likeness (QED) is 0.838. The van der Waals surface area contributed by atoms with Gasteiger partial charge in [-0.3, -0.25) is 0 Å². The zero-order chi connectivity index (χ0) is 15.0. The molecule has 0 heterocycles. The van der Waals surface area contributed by atoms with Crippen molar-refractivity contribution >= 4 is 0 Å². The van der Waals surface area contributed by atoms with Gasteiger partial charge in [-0.1, -0.05) is 19.1 Å². The van der Waals surface area contributed by atoms with Crippen LogP contribution in [-0.2, 0) is 5.60 Å². The van der Waals surface area contributed by atoms with Gasteiger partial charge in [-0.25, -0.2) is 8.78 Å². The Morgan fingerprint density at radius 2 is 1.74 bits per heavy atom. The number of aryl methyl sites for hydroxylation is 1. The van der Waals surface area contributed by atoms with Crippen LogP contribution in [0.3, 0.4) is 0 Å². The lowest BCUT2D eigenvalue weighted by Gasteiger charge is -2.35. The predicted octanol–water partition coefficient (Wildman–Crippen LogP) is 2.76. The summed E-state index contributed by atoms with van der Waals surface area (Å²) in [6.45, 7) is 2.51. The van der Waals surface area contributed by atoms with E-state index in [0.29, 0.717) is 6.07 Å². The summed E-state index contributed by atoms with van der Waals surface area (Å²) >= 11 is 0. The van der Waals surface area contributed by atoms with Crippen LogP contribution in [0.2, 0.25) is 0 Å². The van der Waals surface area contributed by atoms with E-state index in [4.69, 9.17) is 5.73 Å². The molecule has 1 rings (SSSR count). The maximum atomic E-state index is 13.7. The molecule has 7 heteroatoms. The molecule has 0 fully saturated rings. The lowest BCUT2D eigenvalue weighted by molar-refractivity contribution is -0.275. The number of halogens is 5. The number of hydrogen-bond donors (Lipinski definition) is 2. The molecule has 0 saturated carbocycles. The molecule has 108 valence electrons. The van der Waals surface area contributed by atoms with Crippen molar-refractivity contribution in [3.63, 3.8) is 0 Å². The van der Waals surface area contributed by atoms with Crippen LogP contribution >= 0.6 is 0 Å². The number of nitrogens with two attached hydrogens (primary N) is 1. The van der Waals surface area contributed by atoms with E-state index in [1.807, 2.05) is 0 Å². The molecule has 0 amide bonds. The zero-order valence-corrected chi connectivity index (χ0v) is 10.4. The van der Waals surface area contributed by atoms with Crippen LogP contribution in [0.1, 0.15) is 24.5 Å². The molecular weight excluding hydrogens is 269 g/mol. The number of rotatable bonds is 3. The van der Waals surface area contributed by atoms with Gasteiger partial charge in [-0.15, -0.1) is 0 Å². The van der Waals surface area contributed by atoms with Crippen LogP contribution in [0.5, 0.6) is 0 Å². The summed E-state index contributed by atoms with van der Waals surface area (Å²) in [7, 11) is 0. The minimum Gasteiger partial charge on any atom is -0.375 e. The van der Waals surface area contributed by atoms with Gasteiger partial charge in [0.05, 0.1) is 0 Å². The van der Waals surface area contributed by atoms with Gasteiger partial charge in [0.25, 0.3) is 0 Å². The fourth-order valence-corrected chi connectivity index (χ4v) is 1.80. The highest BCUT2D eigenvalue weighted by atomic mass is 19.4. The average Bonchev–Trinajstić information content (AvgIpc) is 2.32. The summed E-state index contributed by atoms with van der Waals surface area (Å²) in [5, 5.41) is 9.83. The van der Waals surface area contributed by atoms with Crippen LogP contribution in [0.25, 0.3) is 0 Å². The third kappa shape index (κ3) is 2.44. The normalized spacial score (nSPS) is 17.1. The average molecular weight is 283 g/mol. The van der Waals surface area contributed by atoms with Crippen LogP contribution in [-0.4, -0.2) is 17.3 Å². The molecule has 0 aromatic heterocycles. The summed E-state index contributed by atoms with van der Waals surface area (Å²) in [6, 6.07) is -0.132. The van der Waals surface area contributed by atoms with Crippen LogP contribution < -0.4 is 5.73 Å². The van der Waals surface area contributed by atoms with Gasteiger partial charge < -0.3 is 10.8 Å². The second-order valence-corrected chi connectivity index (χ2v) is 4.34. The van der Waals surface area contributed by atoms with Crippen molar-refractivity contribution in [3.05, 3.63) is 34.9 Å². The van der Waals surface area contributed by atoms with Gasteiger partial charge in [0.2, 0.25) is 5.60 Å². The minimum atomic E-state index is -5.22. The molecule has 1 aromatic carbocycles. The fraction of sp³-hybridized carbons (Fsp3) is 0.500. The van der Waals surface area contributed by atoms with E-state index in [-0.39, 0.29) is 12.0 Å². The molecule has 0 aliphatic carbocycles. The molecule has 2 unspecified atom stereocenters. The highest BCUT2D eigenvalue weighted by molar-refractivity contribution is 5.32. The highest BCUT2D eigenvalue weighted by Crippen LogP contribution is 2.43. The standard InChI is InChI=1S/C12H14F5NO/c1-3-8(18)11(19,12(15,16)17)7-5-4-6(2)9(13)10(7)14/h4-5,8,19H,3,18H2,1-2H3. The van der Waals surface area contributed by atoms with E-state index in [2.05, 4.69) is 0 Å². The number of alkyl halides is 3. The third-order valence-corrected chi connectivity index (χ3v) is 3.09. The van der Waals surface area contributed by atoms with E-state index < -0.39 is 35.0 Å². The van der Waals surface area contributed by atoms with E-state index in [1.54, 1.807) is 0 Å². The Morgan fingerprint density at radius 3 is 2.16 bits per heavy atom. The Bertz CT molecular complexity index is 474. The Morgan fingerprint density at radius 1 is 1.21 bits per heavy atom.